The summed E-state index contributed by atoms with van der Waals surface area (Å²) < 4.78 is 10.8. The van der Waals surface area contributed by atoms with Crippen molar-refractivity contribution in [3.05, 3.63) is 45.8 Å². The highest BCUT2D eigenvalue weighted by atomic mass is 32.1. The summed E-state index contributed by atoms with van der Waals surface area (Å²) in [5.74, 6) is 0.279. The highest BCUT2D eigenvalue weighted by Crippen LogP contribution is 2.30. The van der Waals surface area contributed by atoms with Gasteiger partial charge in [0.15, 0.2) is 6.61 Å². The summed E-state index contributed by atoms with van der Waals surface area (Å²) in [5.41, 5.74) is 2.53. The quantitative estimate of drug-likeness (QED) is 0.650. The molecule has 0 saturated carbocycles. The Morgan fingerprint density at radius 2 is 1.93 bits per heavy atom. The Hall–Kier alpha value is -2.34. The summed E-state index contributed by atoms with van der Waals surface area (Å²) in [6, 6.07) is 7.77. The fraction of sp³-hybridized carbons (Fsp3) is 0.429. The van der Waals surface area contributed by atoms with Crippen LogP contribution in [-0.2, 0) is 16.0 Å². The first-order chi connectivity index (χ1) is 12.8. The molecule has 0 aliphatic rings. The van der Waals surface area contributed by atoms with Gasteiger partial charge in [0.05, 0.1) is 12.2 Å². The number of carbonyl (C=O) groups excluding carboxylic acids is 2. The van der Waals surface area contributed by atoms with E-state index in [0.29, 0.717) is 22.2 Å². The van der Waals surface area contributed by atoms with Gasteiger partial charge in [-0.05, 0) is 49.4 Å². The van der Waals surface area contributed by atoms with Gasteiger partial charge in [-0.2, -0.15) is 0 Å². The van der Waals surface area contributed by atoms with Gasteiger partial charge in [0.25, 0.3) is 5.91 Å². The van der Waals surface area contributed by atoms with Crippen molar-refractivity contribution >= 4 is 28.2 Å². The number of hydrogen-bond acceptors (Lipinski definition) is 5. The number of anilines is 1. The van der Waals surface area contributed by atoms with Gasteiger partial charge in [0, 0.05) is 4.88 Å². The van der Waals surface area contributed by atoms with Crippen LogP contribution < -0.4 is 10.1 Å². The first kappa shape index (κ1) is 21.0. The average molecular weight is 390 g/mol. The van der Waals surface area contributed by atoms with Gasteiger partial charge in [0.1, 0.15) is 10.8 Å². The molecule has 2 aromatic rings. The number of ether oxygens (including phenoxy) is 2. The molecule has 0 saturated heterocycles. The van der Waals surface area contributed by atoms with Gasteiger partial charge in [-0.3, -0.25) is 4.79 Å². The smallest absolute Gasteiger partial charge is 0.341 e. The summed E-state index contributed by atoms with van der Waals surface area (Å²) in [6.07, 6.45) is 0.782. The van der Waals surface area contributed by atoms with Crippen LogP contribution in [0.15, 0.2) is 24.3 Å². The van der Waals surface area contributed by atoms with E-state index in [1.807, 2.05) is 32.0 Å². The van der Waals surface area contributed by atoms with E-state index in [1.165, 1.54) is 11.3 Å². The molecule has 0 aliphatic heterocycles. The summed E-state index contributed by atoms with van der Waals surface area (Å²) in [4.78, 5) is 25.5. The van der Waals surface area contributed by atoms with Crippen molar-refractivity contribution in [1.29, 1.82) is 0 Å². The number of thiophene rings is 1. The fourth-order valence-corrected chi connectivity index (χ4v) is 3.62. The van der Waals surface area contributed by atoms with Crippen LogP contribution in [0.3, 0.4) is 0 Å². The van der Waals surface area contributed by atoms with Crippen LogP contribution in [0, 0.1) is 6.92 Å². The second kappa shape index (κ2) is 9.55. The fourth-order valence-electron chi connectivity index (χ4n) is 2.62. The molecule has 27 heavy (non-hydrogen) atoms. The van der Waals surface area contributed by atoms with Crippen molar-refractivity contribution in [3.8, 4) is 5.75 Å². The predicted molar refractivity (Wildman–Crippen MR) is 109 cm³/mol. The topological polar surface area (TPSA) is 64.6 Å². The third kappa shape index (κ3) is 5.57. The van der Waals surface area contributed by atoms with Gasteiger partial charge in [-0.1, -0.05) is 32.9 Å². The molecule has 0 bridgehead atoms. The molecule has 146 valence electrons. The number of nitrogens with one attached hydrogen (secondary N) is 1. The van der Waals surface area contributed by atoms with E-state index in [4.69, 9.17) is 9.47 Å². The number of esters is 1. The Morgan fingerprint density at radius 3 is 2.56 bits per heavy atom. The molecule has 1 N–H and O–H groups in total. The normalized spacial score (nSPS) is 10.7. The average Bonchev–Trinajstić information content (AvgIpc) is 3.03. The number of benzene rings is 1. The zero-order chi connectivity index (χ0) is 20.0. The van der Waals surface area contributed by atoms with Crippen molar-refractivity contribution in [2.24, 2.45) is 0 Å². The SMILES string of the molecule is CCOC(=O)c1cc(CC)sc1NC(=O)COc1cc(C)ccc1C(C)C. The molecule has 1 aromatic carbocycles. The number of rotatable bonds is 8. The Bertz CT molecular complexity index is 811. The van der Waals surface area contributed by atoms with Crippen molar-refractivity contribution in [2.45, 2.75) is 47.0 Å². The van der Waals surface area contributed by atoms with E-state index in [2.05, 4.69) is 19.2 Å². The van der Waals surface area contributed by atoms with Crippen LogP contribution in [0.1, 0.15) is 60.0 Å². The molecule has 5 nitrogen and oxygen atoms in total. The van der Waals surface area contributed by atoms with E-state index in [1.54, 1.807) is 13.0 Å². The summed E-state index contributed by atoms with van der Waals surface area (Å²) in [7, 11) is 0. The molecule has 6 heteroatoms. The van der Waals surface area contributed by atoms with Crippen molar-refractivity contribution in [1.82, 2.24) is 0 Å². The first-order valence-corrected chi connectivity index (χ1v) is 10.00. The summed E-state index contributed by atoms with van der Waals surface area (Å²) in [6.45, 7) is 10.1. The Kier molecular flexibility index (Phi) is 7.42. The lowest BCUT2D eigenvalue weighted by atomic mass is 10.0. The van der Waals surface area contributed by atoms with Crippen LogP contribution in [0.5, 0.6) is 5.75 Å². The van der Waals surface area contributed by atoms with Gasteiger partial charge in [0.2, 0.25) is 0 Å². The van der Waals surface area contributed by atoms with Crippen LogP contribution in [0.2, 0.25) is 0 Å². The van der Waals surface area contributed by atoms with Gasteiger partial charge in [-0.25, -0.2) is 4.79 Å². The molecule has 0 atom stereocenters. The van der Waals surface area contributed by atoms with Gasteiger partial charge in [-0.15, -0.1) is 11.3 Å². The molecular formula is C21H27NO4S. The highest BCUT2D eigenvalue weighted by Gasteiger charge is 2.19. The second-order valence-electron chi connectivity index (χ2n) is 6.56. The maximum Gasteiger partial charge on any atom is 0.341 e. The van der Waals surface area contributed by atoms with E-state index in [-0.39, 0.29) is 19.1 Å². The minimum atomic E-state index is -0.426. The Balaban J connectivity index is 2.10. The second-order valence-corrected chi connectivity index (χ2v) is 7.70. The van der Waals surface area contributed by atoms with E-state index < -0.39 is 5.97 Å². The van der Waals surface area contributed by atoms with E-state index in [0.717, 1.165) is 22.4 Å². The van der Waals surface area contributed by atoms with Crippen LogP contribution >= 0.6 is 11.3 Å². The van der Waals surface area contributed by atoms with Crippen molar-refractivity contribution in [2.75, 3.05) is 18.5 Å². The molecule has 1 heterocycles. The lowest BCUT2D eigenvalue weighted by Crippen LogP contribution is -2.21. The lowest BCUT2D eigenvalue weighted by Gasteiger charge is -2.14. The Labute approximate surface area is 164 Å². The maximum atomic E-state index is 12.4. The molecular weight excluding hydrogens is 362 g/mol. The summed E-state index contributed by atoms with van der Waals surface area (Å²) in [5, 5.41) is 3.30. The van der Waals surface area contributed by atoms with Gasteiger partial charge < -0.3 is 14.8 Å². The molecule has 0 aliphatic carbocycles. The van der Waals surface area contributed by atoms with E-state index >= 15 is 0 Å². The monoisotopic (exact) mass is 389 g/mol. The highest BCUT2D eigenvalue weighted by molar-refractivity contribution is 7.16. The molecule has 0 fully saturated rings. The molecule has 1 aromatic heterocycles. The lowest BCUT2D eigenvalue weighted by molar-refractivity contribution is -0.118. The molecule has 1 amide bonds. The number of hydrogen-bond donors (Lipinski definition) is 1. The third-order valence-corrected chi connectivity index (χ3v) is 5.22. The molecule has 2 rings (SSSR count). The van der Waals surface area contributed by atoms with Crippen molar-refractivity contribution < 1.29 is 19.1 Å². The molecule has 0 radical (unpaired) electrons. The van der Waals surface area contributed by atoms with Crippen LogP contribution in [0.4, 0.5) is 5.00 Å². The number of aryl methyl sites for hydroxylation is 2. The van der Waals surface area contributed by atoms with Gasteiger partial charge >= 0.3 is 5.97 Å². The Morgan fingerprint density at radius 1 is 1.19 bits per heavy atom. The molecule has 0 spiro atoms. The number of amides is 1. The first-order valence-electron chi connectivity index (χ1n) is 9.18. The van der Waals surface area contributed by atoms with E-state index in [9.17, 15) is 9.59 Å². The van der Waals surface area contributed by atoms with Crippen LogP contribution in [-0.4, -0.2) is 25.1 Å². The third-order valence-electron chi connectivity index (χ3n) is 4.03. The summed E-state index contributed by atoms with van der Waals surface area (Å²) >= 11 is 1.39. The van der Waals surface area contributed by atoms with Crippen molar-refractivity contribution in [3.63, 3.8) is 0 Å². The molecule has 0 unspecified atom stereocenters. The maximum absolute atomic E-state index is 12.4. The predicted octanol–water partition coefficient (Wildman–Crippen LogP) is 4.94. The largest absolute Gasteiger partial charge is 0.483 e. The standard InChI is InChI=1S/C21H27NO4S/c1-6-15-11-17(21(24)25-7-2)20(27-15)22-19(23)12-26-18-10-14(5)8-9-16(18)13(3)4/h8-11,13H,6-7,12H2,1-5H3,(H,22,23). The minimum Gasteiger partial charge on any atom is -0.483 e. The number of carbonyl (C=O) groups is 2. The zero-order valence-corrected chi connectivity index (χ0v) is 17.4. The zero-order valence-electron chi connectivity index (χ0n) is 16.5. The van der Waals surface area contributed by atoms with Crippen LogP contribution in [0.25, 0.3) is 0 Å². The minimum absolute atomic E-state index is 0.120.